The van der Waals surface area contributed by atoms with E-state index in [2.05, 4.69) is 11.3 Å². The van der Waals surface area contributed by atoms with Crippen molar-refractivity contribution in [2.45, 2.75) is 42.9 Å². The van der Waals surface area contributed by atoms with Crippen LogP contribution in [0.25, 0.3) is 0 Å². The third kappa shape index (κ3) is 2.26. The molecule has 0 radical (unpaired) electrons. The summed E-state index contributed by atoms with van der Waals surface area (Å²) in [5, 5.41) is 0. The Labute approximate surface area is 126 Å². The lowest BCUT2D eigenvalue weighted by molar-refractivity contribution is -0.474. The number of alkyl halides is 11. The van der Waals surface area contributed by atoms with Gasteiger partial charge in [0, 0.05) is 5.57 Å². The van der Waals surface area contributed by atoms with Crippen molar-refractivity contribution in [3.05, 3.63) is 12.2 Å². The maximum absolute atomic E-state index is 13.5. The molecule has 0 heterocycles. The second-order valence-corrected chi connectivity index (χ2v) is 4.98. The maximum Gasteiger partial charge on any atom is 0.384 e. The van der Waals surface area contributed by atoms with Gasteiger partial charge in [0.15, 0.2) is 5.92 Å². The molecule has 0 aromatic heterocycles. The second kappa shape index (κ2) is 5.22. The molecule has 0 saturated heterocycles. The minimum Gasteiger partial charge on any atom is -0.427 e. The standard InChI is InChI=1S/C11H7F11O2/c1-3(2)6(23)24-5(12)4-7(13,14)9(17,18)11(21,22)10(19,20)8(4,15)16/h4-5H,1H2,2H3. The van der Waals surface area contributed by atoms with Gasteiger partial charge >= 0.3 is 35.6 Å². The van der Waals surface area contributed by atoms with Gasteiger partial charge in [-0.1, -0.05) is 6.58 Å². The summed E-state index contributed by atoms with van der Waals surface area (Å²) >= 11 is 0. The number of rotatable bonds is 3. The van der Waals surface area contributed by atoms with E-state index >= 15 is 0 Å². The van der Waals surface area contributed by atoms with E-state index in [-0.39, 0.29) is 0 Å². The summed E-state index contributed by atoms with van der Waals surface area (Å²) in [5.41, 5.74) is -0.788. The summed E-state index contributed by atoms with van der Waals surface area (Å²) in [4.78, 5) is 10.9. The Morgan fingerprint density at radius 1 is 0.875 bits per heavy atom. The number of carbonyl (C=O) groups is 1. The highest BCUT2D eigenvalue weighted by atomic mass is 19.4. The van der Waals surface area contributed by atoms with Gasteiger partial charge in [0.1, 0.15) is 0 Å². The number of hydrogen-bond acceptors (Lipinski definition) is 2. The fraction of sp³-hybridized carbons (Fsp3) is 0.727. The first kappa shape index (κ1) is 20.5. The highest BCUT2D eigenvalue weighted by Crippen LogP contribution is 2.67. The lowest BCUT2D eigenvalue weighted by Gasteiger charge is -2.49. The van der Waals surface area contributed by atoms with Gasteiger partial charge in [-0.15, -0.1) is 0 Å². The predicted molar refractivity (Wildman–Crippen MR) is 54.0 cm³/mol. The van der Waals surface area contributed by atoms with E-state index in [1.54, 1.807) is 0 Å². The average Bonchev–Trinajstić information content (AvgIpc) is 2.35. The fourth-order valence-corrected chi connectivity index (χ4v) is 1.83. The van der Waals surface area contributed by atoms with Crippen LogP contribution < -0.4 is 0 Å². The van der Waals surface area contributed by atoms with Crippen LogP contribution in [-0.4, -0.2) is 41.9 Å². The van der Waals surface area contributed by atoms with Crippen LogP contribution >= 0.6 is 0 Å². The number of esters is 1. The van der Waals surface area contributed by atoms with Gasteiger partial charge in [-0.05, 0) is 6.92 Å². The van der Waals surface area contributed by atoms with Gasteiger partial charge in [-0.25, -0.2) is 9.18 Å². The molecule has 1 unspecified atom stereocenters. The van der Waals surface area contributed by atoms with Crippen molar-refractivity contribution in [1.82, 2.24) is 0 Å². The molecule has 1 rings (SSSR count). The zero-order chi connectivity index (χ0) is 19.5. The predicted octanol–water partition coefficient (Wildman–Crippen LogP) is 4.21. The van der Waals surface area contributed by atoms with Crippen LogP contribution in [0.15, 0.2) is 12.2 Å². The molecule has 140 valence electrons. The fourth-order valence-electron chi connectivity index (χ4n) is 1.83. The molecule has 24 heavy (non-hydrogen) atoms. The molecule has 0 N–H and O–H groups in total. The molecule has 0 aromatic rings. The van der Waals surface area contributed by atoms with E-state index in [4.69, 9.17) is 0 Å². The van der Waals surface area contributed by atoms with Crippen LogP contribution in [0, 0.1) is 5.92 Å². The van der Waals surface area contributed by atoms with E-state index in [1.165, 1.54) is 0 Å². The lowest BCUT2D eigenvalue weighted by atomic mass is 9.74. The minimum absolute atomic E-state index is 0.754. The van der Waals surface area contributed by atoms with Crippen molar-refractivity contribution in [2.24, 2.45) is 5.92 Å². The summed E-state index contributed by atoms with van der Waals surface area (Å²) in [6.07, 6.45) is -4.45. The van der Waals surface area contributed by atoms with Crippen LogP contribution in [0.1, 0.15) is 6.92 Å². The number of hydrogen-bond donors (Lipinski definition) is 0. The van der Waals surface area contributed by atoms with Crippen molar-refractivity contribution in [1.29, 1.82) is 0 Å². The van der Waals surface area contributed by atoms with Crippen LogP contribution in [0.3, 0.4) is 0 Å². The number of halogens is 11. The molecule has 0 amide bonds. The van der Waals surface area contributed by atoms with Crippen LogP contribution in [-0.2, 0) is 9.53 Å². The molecule has 2 nitrogen and oxygen atoms in total. The van der Waals surface area contributed by atoms with E-state index in [1.807, 2.05) is 0 Å². The van der Waals surface area contributed by atoms with Gasteiger partial charge in [-0.3, -0.25) is 0 Å². The lowest BCUT2D eigenvalue weighted by Crippen LogP contribution is -2.79. The smallest absolute Gasteiger partial charge is 0.384 e. The zero-order valence-electron chi connectivity index (χ0n) is 11.3. The molecule has 1 fully saturated rings. The van der Waals surface area contributed by atoms with Gasteiger partial charge in [-0.2, -0.15) is 43.9 Å². The molecule has 1 aliphatic rings. The van der Waals surface area contributed by atoms with Crippen molar-refractivity contribution in [3.63, 3.8) is 0 Å². The normalized spacial score (nSPS) is 28.0. The Morgan fingerprint density at radius 2 is 1.21 bits per heavy atom. The highest BCUT2D eigenvalue weighted by Gasteiger charge is 2.96. The number of carbonyl (C=O) groups excluding carboxylic acids is 1. The Balaban J connectivity index is 3.52. The quantitative estimate of drug-likeness (QED) is 0.417. The Morgan fingerprint density at radius 3 is 1.50 bits per heavy atom. The van der Waals surface area contributed by atoms with Crippen molar-refractivity contribution in [2.75, 3.05) is 0 Å². The zero-order valence-corrected chi connectivity index (χ0v) is 11.3. The minimum atomic E-state index is -7.21. The second-order valence-electron chi connectivity index (χ2n) is 4.98. The van der Waals surface area contributed by atoms with E-state index in [0.29, 0.717) is 0 Å². The highest BCUT2D eigenvalue weighted by molar-refractivity contribution is 5.87. The van der Waals surface area contributed by atoms with Gasteiger partial charge in [0.2, 0.25) is 0 Å². The van der Waals surface area contributed by atoms with Crippen LogP contribution in [0.4, 0.5) is 48.3 Å². The monoisotopic (exact) mass is 380 g/mol. The van der Waals surface area contributed by atoms with Gasteiger partial charge < -0.3 is 4.74 Å². The molecule has 13 heteroatoms. The van der Waals surface area contributed by atoms with E-state index < -0.39 is 53.4 Å². The molecule has 0 spiro atoms. The third-order valence-electron chi connectivity index (χ3n) is 3.24. The van der Waals surface area contributed by atoms with Crippen molar-refractivity contribution in [3.8, 4) is 0 Å². The Kier molecular flexibility index (Phi) is 4.45. The largest absolute Gasteiger partial charge is 0.427 e. The number of ether oxygens (including phenoxy) is 1. The summed E-state index contributed by atoms with van der Waals surface area (Å²) in [7, 11) is 0. The first-order valence-electron chi connectivity index (χ1n) is 5.77. The topological polar surface area (TPSA) is 26.3 Å². The molecular formula is C11H7F11O2. The van der Waals surface area contributed by atoms with Crippen molar-refractivity contribution >= 4 is 5.97 Å². The molecule has 0 aliphatic heterocycles. The summed E-state index contributed by atoms with van der Waals surface area (Å²) in [6.45, 7) is 3.53. The van der Waals surface area contributed by atoms with E-state index in [0.717, 1.165) is 6.92 Å². The molecule has 0 aromatic carbocycles. The SMILES string of the molecule is C=C(C)C(=O)OC(F)C1C(F)(F)C(F)(F)C(F)(F)C(F)(F)C1(F)F. The average molecular weight is 380 g/mol. The Hall–Kier alpha value is -1.56. The third-order valence-corrected chi connectivity index (χ3v) is 3.24. The van der Waals surface area contributed by atoms with Gasteiger partial charge in [0.25, 0.3) is 6.36 Å². The van der Waals surface area contributed by atoms with Crippen LogP contribution in [0.5, 0.6) is 0 Å². The van der Waals surface area contributed by atoms with Crippen molar-refractivity contribution < 1.29 is 57.8 Å². The van der Waals surface area contributed by atoms with Crippen LogP contribution in [0.2, 0.25) is 0 Å². The molecule has 1 atom stereocenters. The Bertz CT molecular complexity index is 524. The summed E-state index contributed by atoms with van der Waals surface area (Å²) < 4.78 is 148. The van der Waals surface area contributed by atoms with E-state index in [9.17, 15) is 53.1 Å². The maximum atomic E-state index is 13.5. The first-order valence-corrected chi connectivity index (χ1v) is 5.77. The molecule has 1 aliphatic carbocycles. The molecular weight excluding hydrogens is 373 g/mol. The van der Waals surface area contributed by atoms with Gasteiger partial charge in [0.05, 0.1) is 0 Å². The molecule has 1 saturated carbocycles. The molecule has 0 bridgehead atoms. The first-order chi connectivity index (χ1) is 10.4. The summed E-state index contributed by atoms with van der Waals surface area (Å²) in [6, 6.07) is 0. The summed E-state index contributed by atoms with van der Waals surface area (Å²) in [5.74, 6) is -41.8.